The summed E-state index contributed by atoms with van der Waals surface area (Å²) in [5, 5.41) is 13.4. The number of nitro groups is 1. The zero-order valence-electron chi connectivity index (χ0n) is 14.9. The molecule has 144 valence electrons. The molecule has 8 nitrogen and oxygen atoms in total. The van der Waals surface area contributed by atoms with E-state index in [4.69, 9.17) is 11.6 Å². The normalized spacial score (nSPS) is 11.1. The van der Waals surface area contributed by atoms with Crippen LogP contribution in [0.15, 0.2) is 36.4 Å². The van der Waals surface area contributed by atoms with Gasteiger partial charge in [-0.05, 0) is 37.1 Å². The Morgan fingerprint density at radius 1 is 1.26 bits per heavy atom. The molecule has 10 heteroatoms. The van der Waals surface area contributed by atoms with Gasteiger partial charge in [-0.25, -0.2) is 8.42 Å². The molecule has 0 heterocycles. The van der Waals surface area contributed by atoms with Gasteiger partial charge in [0.1, 0.15) is 6.54 Å². The molecule has 0 aliphatic rings. The monoisotopic (exact) mass is 411 g/mol. The summed E-state index contributed by atoms with van der Waals surface area (Å²) in [6.45, 7) is 3.10. The molecule has 0 saturated carbocycles. The van der Waals surface area contributed by atoms with Crippen molar-refractivity contribution in [2.45, 2.75) is 13.8 Å². The summed E-state index contributed by atoms with van der Waals surface area (Å²) >= 11 is 5.97. The minimum atomic E-state index is -3.75. The quantitative estimate of drug-likeness (QED) is 0.579. The van der Waals surface area contributed by atoms with Crippen molar-refractivity contribution in [3.63, 3.8) is 0 Å². The number of nitro benzene ring substituents is 1. The second-order valence-corrected chi connectivity index (χ2v) is 8.27. The van der Waals surface area contributed by atoms with Gasteiger partial charge in [0.15, 0.2) is 0 Å². The van der Waals surface area contributed by atoms with E-state index in [0.29, 0.717) is 5.69 Å². The van der Waals surface area contributed by atoms with E-state index in [1.807, 2.05) is 13.0 Å². The average Bonchev–Trinajstić information content (AvgIpc) is 2.56. The number of halogens is 1. The maximum absolute atomic E-state index is 12.4. The number of carbonyl (C=O) groups excluding carboxylic acids is 1. The smallest absolute Gasteiger partial charge is 0.271 e. The van der Waals surface area contributed by atoms with Crippen molar-refractivity contribution in [2.75, 3.05) is 22.4 Å². The van der Waals surface area contributed by atoms with E-state index in [1.54, 1.807) is 19.1 Å². The lowest BCUT2D eigenvalue weighted by Gasteiger charge is -2.24. The number of sulfonamides is 1. The standard InChI is InChI=1S/C17H18ClN3O5S/c1-11-5-4-6-16(12(11)2)20(27(3,25)26)10-17(22)19-15-9-13(21(23)24)7-8-14(15)18/h4-9H,10H2,1-3H3,(H,19,22). The van der Waals surface area contributed by atoms with Gasteiger partial charge in [-0.1, -0.05) is 23.7 Å². The number of amides is 1. The predicted octanol–water partition coefficient (Wildman–Crippen LogP) is 3.27. The van der Waals surface area contributed by atoms with Gasteiger partial charge in [0.05, 0.1) is 27.6 Å². The van der Waals surface area contributed by atoms with Crippen molar-refractivity contribution in [2.24, 2.45) is 0 Å². The largest absolute Gasteiger partial charge is 0.323 e. The number of nitrogens with one attached hydrogen (secondary N) is 1. The van der Waals surface area contributed by atoms with E-state index < -0.39 is 27.4 Å². The lowest BCUT2D eigenvalue weighted by molar-refractivity contribution is -0.384. The zero-order chi connectivity index (χ0) is 20.4. The van der Waals surface area contributed by atoms with Crippen LogP contribution >= 0.6 is 11.6 Å². The number of rotatable bonds is 6. The second kappa shape index (κ2) is 7.93. The van der Waals surface area contributed by atoms with Gasteiger partial charge in [-0.15, -0.1) is 0 Å². The maximum atomic E-state index is 12.4. The third-order valence-electron chi connectivity index (χ3n) is 3.97. The predicted molar refractivity (Wildman–Crippen MR) is 105 cm³/mol. The Labute approximate surface area is 162 Å². The number of anilines is 2. The Morgan fingerprint density at radius 2 is 1.93 bits per heavy atom. The van der Waals surface area contributed by atoms with E-state index in [0.717, 1.165) is 27.8 Å². The van der Waals surface area contributed by atoms with Gasteiger partial charge in [0.2, 0.25) is 15.9 Å². The molecule has 1 amide bonds. The van der Waals surface area contributed by atoms with Crippen molar-refractivity contribution in [1.29, 1.82) is 0 Å². The number of aryl methyl sites for hydroxylation is 1. The summed E-state index contributed by atoms with van der Waals surface area (Å²) in [4.78, 5) is 22.7. The van der Waals surface area contributed by atoms with Gasteiger partial charge in [0, 0.05) is 12.1 Å². The summed E-state index contributed by atoms with van der Waals surface area (Å²) in [6, 6.07) is 8.75. The molecule has 0 radical (unpaired) electrons. The highest BCUT2D eigenvalue weighted by atomic mass is 35.5. The highest BCUT2D eigenvalue weighted by molar-refractivity contribution is 7.92. The SMILES string of the molecule is Cc1cccc(N(CC(=O)Nc2cc([N+](=O)[O-])ccc2Cl)S(C)(=O)=O)c1C. The zero-order valence-corrected chi connectivity index (χ0v) is 16.5. The van der Waals surface area contributed by atoms with Crippen LogP contribution in [0.2, 0.25) is 5.02 Å². The van der Waals surface area contributed by atoms with Crippen molar-refractivity contribution in [3.8, 4) is 0 Å². The summed E-state index contributed by atoms with van der Waals surface area (Å²) in [7, 11) is -3.75. The van der Waals surface area contributed by atoms with Crippen LogP contribution in [0.4, 0.5) is 17.1 Å². The fourth-order valence-electron chi connectivity index (χ4n) is 2.43. The number of non-ortho nitro benzene ring substituents is 1. The van der Waals surface area contributed by atoms with Crippen LogP contribution in [0.3, 0.4) is 0 Å². The van der Waals surface area contributed by atoms with E-state index in [1.165, 1.54) is 12.1 Å². The Kier molecular flexibility index (Phi) is 6.07. The minimum Gasteiger partial charge on any atom is -0.323 e. The number of nitrogens with zero attached hydrogens (tertiary/aromatic N) is 2. The lowest BCUT2D eigenvalue weighted by Crippen LogP contribution is -2.38. The molecule has 2 aromatic rings. The Balaban J connectivity index is 2.32. The van der Waals surface area contributed by atoms with Gasteiger partial charge < -0.3 is 5.32 Å². The van der Waals surface area contributed by atoms with Crippen LogP contribution in [0, 0.1) is 24.0 Å². The van der Waals surface area contributed by atoms with Crippen LogP contribution in [-0.2, 0) is 14.8 Å². The molecule has 0 atom stereocenters. The first-order chi connectivity index (χ1) is 12.5. The molecule has 0 spiro atoms. The average molecular weight is 412 g/mol. The van der Waals surface area contributed by atoms with E-state index in [2.05, 4.69) is 5.32 Å². The Bertz CT molecular complexity index is 1010. The molecule has 0 aromatic heterocycles. The summed E-state index contributed by atoms with van der Waals surface area (Å²) < 4.78 is 25.4. The van der Waals surface area contributed by atoms with Crippen molar-refractivity contribution < 1.29 is 18.1 Å². The van der Waals surface area contributed by atoms with E-state index in [-0.39, 0.29) is 16.4 Å². The molecule has 0 unspecified atom stereocenters. The van der Waals surface area contributed by atoms with E-state index in [9.17, 15) is 23.3 Å². The first-order valence-electron chi connectivity index (χ1n) is 7.78. The highest BCUT2D eigenvalue weighted by Crippen LogP contribution is 2.28. The van der Waals surface area contributed by atoms with Crippen LogP contribution in [0.25, 0.3) is 0 Å². The minimum absolute atomic E-state index is 0.0327. The molecule has 0 fully saturated rings. The highest BCUT2D eigenvalue weighted by Gasteiger charge is 2.23. The third kappa shape index (κ3) is 4.95. The van der Waals surface area contributed by atoms with Crippen molar-refractivity contribution in [1.82, 2.24) is 0 Å². The first-order valence-corrected chi connectivity index (χ1v) is 10.0. The number of benzene rings is 2. The first kappa shape index (κ1) is 20.7. The third-order valence-corrected chi connectivity index (χ3v) is 5.42. The number of hydrogen-bond acceptors (Lipinski definition) is 5. The van der Waals surface area contributed by atoms with Crippen LogP contribution < -0.4 is 9.62 Å². The van der Waals surface area contributed by atoms with Crippen LogP contribution in [-0.4, -0.2) is 32.0 Å². The molecular weight excluding hydrogens is 394 g/mol. The molecule has 0 aliphatic heterocycles. The van der Waals surface area contributed by atoms with Gasteiger partial charge in [-0.3, -0.25) is 19.2 Å². The fraction of sp³-hybridized carbons (Fsp3) is 0.235. The van der Waals surface area contributed by atoms with Gasteiger partial charge >= 0.3 is 0 Å². The second-order valence-electron chi connectivity index (χ2n) is 5.96. The maximum Gasteiger partial charge on any atom is 0.271 e. The van der Waals surface area contributed by atoms with Crippen molar-refractivity contribution >= 4 is 44.6 Å². The molecule has 0 aliphatic carbocycles. The Hall–Kier alpha value is -2.65. The Morgan fingerprint density at radius 3 is 2.52 bits per heavy atom. The number of hydrogen-bond donors (Lipinski definition) is 1. The summed E-state index contributed by atoms with van der Waals surface area (Å²) in [5.74, 6) is -0.677. The van der Waals surface area contributed by atoms with Crippen LogP contribution in [0.5, 0.6) is 0 Å². The fourth-order valence-corrected chi connectivity index (χ4v) is 3.50. The summed E-state index contributed by atoms with van der Waals surface area (Å²) in [5.41, 5.74) is 1.78. The van der Waals surface area contributed by atoms with Crippen LogP contribution in [0.1, 0.15) is 11.1 Å². The molecular formula is C17H18ClN3O5S. The lowest BCUT2D eigenvalue weighted by atomic mass is 10.1. The molecule has 1 N–H and O–H groups in total. The topological polar surface area (TPSA) is 110 Å². The molecule has 2 rings (SSSR count). The number of carbonyl (C=O) groups is 1. The molecule has 2 aromatic carbocycles. The molecule has 0 saturated heterocycles. The molecule has 0 bridgehead atoms. The molecule has 27 heavy (non-hydrogen) atoms. The van der Waals surface area contributed by atoms with Gasteiger partial charge in [-0.2, -0.15) is 0 Å². The van der Waals surface area contributed by atoms with Gasteiger partial charge in [0.25, 0.3) is 5.69 Å². The summed E-state index contributed by atoms with van der Waals surface area (Å²) in [6.07, 6.45) is 1.00. The van der Waals surface area contributed by atoms with Crippen molar-refractivity contribution in [3.05, 3.63) is 62.7 Å². The van der Waals surface area contributed by atoms with E-state index >= 15 is 0 Å².